The first-order valence-electron chi connectivity index (χ1n) is 8.78. The zero-order valence-corrected chi connectivity index (χ0v) is 19.0. The molecule has 0 unspecified atom stereocenters. The minimum absolute atomic E-state index is 0.00669. The second-order valence-corrected chi connectivity index (χ2v) is 8.91. The lowest BCUT2D eigenvalue weighted by Crippen LogP contribution is -2.14. The first-order chi connectivity index (χ1) is 13.7. The molecular weight excluding hydrogens is 458 g/mol. The van der Waals surface area contributed by atoms with E-state index < -0.39 is 10.0 Å². The molecule has 0 aliphatic heterocycles. The van der Waals surface area contributed by atoms with Gasteiger partial charge in [0.25, 0.3) is 10.0 Å². The standard InChI is InChI=1S/C20H22BrN3O4S/c1-13-20(21)14(2)24(22-13)12-15-6-5-7-16(10-15)23-29(25,26)19-11-17(27-3)8-9-18(19)28-4/h5-11,23H,12H2,1-4H3. The van der Waals surface area contributed by atoms with Crippen LogP contribution >= 0.6 is 15.9 Å². The van der Waals surface area contributed by atoms with E-state index in [9.17, 15) is 8.42 Å². The molecule has 1 aromatic heterocycles. The fourth-order valence-corrected chi connectivity index (χ4v) is 4.46. The molecule has 0 radical (unpaired) electrons. The molecule has 154 valence electrons. The fraction of sp³-hybridized carbons (Fsp3) is 0.250. The molecule has 0 aliphatic carbocycles. The van der Waals surface area contributed by atoms with Gasteiger partial charge in [0.1, 0.15) is 16.4 Å². The van der Waals surface area contributed by atoms with Crippen molar-refractivity contribution in [3.63, 3.8) is 0 Å². The van der Waals surface area contributed by atoms with Crippen LogP contribution in [0, 0.1) is 13.8 Å². The van der Waals surface area contributed by atoms with Crippen LogP contribution < -0.4 is 14.2 Å². The highest BCUT2D eigenvalue weighted by atomic mass is 79.9. The smallest absolute Gasteiger partial charge is 0.265 e. The van der Waals surface area contributed by atoms with E-state index in [-0.39, 0.29) is 10.6 Å². The van der Waals surface area contributed by atoms with E-state index in [2.05, 4.69) is 25.8 Å². The van der Waals surface area contributed by atoms with Crippen LogP contribution in [0.4, 0.5) is 5.69 Å². The van der Waals surface area contributed by atoms with Crippen molar-refractivity contribution in [2.45, 2.75) is 25.3 Å². The molecular formula is C20H22BrN3O4S. The number of aryl methyl sites for hydroxylation is 1. The largest absolute Gasteiger partial charge is 0.497 e. The molecule has 0 aliphatic rings. The van der Waals surface area contributed by atoms with E-state index in [0.717, 1.165) is 21.4 Å². The summed E-state index contributed by atoms with van der Waals surface area (Å²) < 4.78 is 41.7. The van der Waals surface area contributed by atoms with Crippen molar-refractivity contribution in [1.82, 2.24) is 9.78 Å². The zero-order chi connectivity index (χ0) is 21.2. The predicted octanol–water partition coefficient (Wildman–Crippen LogP) is 4.13. The van der Waals surface area contributed by atoms with Gasteiger partial charge in [0, 0.05) is 11.8 Å². The summed E-state index contributed by atoms with van der Waals surface area (Å²) in [5.41, 5.74) is 3.29. The summed E-state index contributed by atoms with van der Waals surface area (Å²) in [5, 5.41) is 4.50. The van der Waals surface area contributed by atoms with Crippen LogP contribution in [0.5, 0.6) is 11.5 Å². The van der Waals surface area contributed by atoms with Crippen LogP contribution in [0.25, 0.3) is 0 Å². The number of hydrogen-bond acceptors (Lipinski definition) is 5. The van der Waals surface area contributed by atoms with Crippen LogP contribution in [-0.4, -0.2) is 32.4 Å². The van der Waals surface area contributed by atoms with Crippen molar-refractivity contribution in [3.8, 4) is 11.5 Å². The van der Waals surface area contributed by atoms with Gasteiger partial charge in [-0.25, -0.2) is 8.42 Å². The summed E-state index contributed by atoms with van der Waals surface area (Å²) in [5.74, 6) is 0.664. The number of benzene rings is 2. The Balaban J connectivity index is 1.89. The van der Waals surface area contributed by atoms with Gasteiger partial charge in [-0.15, -0.1) is 0 Å². The molecule has 29 heavy (non-hydrogen) atoms. The second kappa shape index (κ2) is 8.46. The van der Waals surface area contributed by atoms with Crippen LogP contribution in [0.1, 0.15) is 17.0 Å². The number of rotatable bonds is 7. The van der Waals surface area contributed by atoms with E-state index >= 15 is 0 Å². The summed E-state index contributed by atoms with van der Waals surface area (Å²) in [4.78, 5) is 0.00669. The van der Waals surface area contributed by atoms with Gasteiger partial charge in [-0.3, -0.25) is 9.40 Å². The van der Waals surface area contributed by atoms with Gasteiger partial charge < -0.3 is 9.47 Å². The molecule has 3 aromatic rings. The molecule has 9 heteroatoms. The number of anilines is 1. The molecule has 7 nitrogen and oxygen atoms in total. The third-order valence-corrected chi connectivity index (χ3v) is 7.02. The number of methoxy groups -OCH3 is 2. The number of nitrogens with one attached hydrogen (secondary N) is 1. The fourth-order valence-electron chi connectivity index (χ4n) is 2.94. The van der Waals surface area contributed by atoms with Crippen molar-refractivity contribution in [3.05, 3.63) is 63.9 Å². The highest BCUT2D eigenvalue weighted by Crippen LogP contribution is 2.30. The van der Waals surface area contributed by atoms with Gasteiger partial charge in [0.05, 0.1) is 36.6 Å². The van der Waals surface area contributed by atoms with Crippen molar-refractivity contribution in [1.29, 1.82) is 0 Å². The third-order valence-electron chi connectivity index (χ3n) is 4.47. The van der Waals surface area contributed by atoms with Gasteiger partial charge in [0.2, 0.25) is 0 Å². The molecule has 1 heterocycles. The van der Waals surface area contributed by atoms with Gasteiger partial charge in [-0.2, -0.15) is 5.10 Å². The first kappa shape index (κ1) is 21.2. The lowest BCUT2D eigenvalue weighted by atomic mass is 10.2. The van der Waals surface area contributed by atoms with E-state index in [0.29, 0.717) is 18.0 Å². The molecule has 0 spiro atoms. The maximum atomic E-state index is 13.0. The molecule has 0 amide bonds. The average Bonchev–Trinajstić information content (AvgIpc) is 2.94. The van der Waals surface area contributed by atoms with Gasteiger partial charge >= 0.3 is 0 Å². The number of halogens is 1. The Kier molecular flexibility index (Phi) is 6.18. The summed E-state index contributed by atoms with van der Waals surface area (Å²) in [7, 11) is -0.971. The Labute approximate surface area is 178 Å². The first-order valence-corrected chi connectivity index (χ1v) is 11.1. The molecule has 0 saturated carbocycles. The lowest BCUT2D eigenvalue weighted by Gasteiger charge is -2.13. The maximum Gasteiger partial charge on any atom is 0.265 e. The number of ether oxygens (including phenoxy) is 2. The van der Waals surface area contributed by atoms with Crippen molar-refractivity contribution >= 4 is 31.6 Å². The Morgan fingerprint density at radius 2 is 1.86 bits per heavy atom. The normalized spacial score (nSPS) is 11.3. The number of hydrogen-bond donors (Lipinski definition) is 1. The van der Waals surface area contributed by atoms with E-state index in [1.54, 1.807) is 30.3 Å². The second-order valence-electron chi connectivity index (χ2n) is 6.47. The van der Waals surface area contributed by atoms with Crippen molar-refractivity contribution in [2.75, 3.05) is 18.9 Å². The minimum Gasteiger partial charge on any atom is -0.497 e. The van der Waals surface area contributed by atoms with Crippen LogP contribution in [0.2, 0.25) is 0 Å². The molecule has 1 N–H and O–H groups in total. The minimum atomic E-state index is -3.87. The Bertz CT molecular complexity index is 1140. The van der Waals surface area contributed by atoms with E-state index in [1.807, 2.05) is 24.6 Å². The molecule has 0 atom stereocenters. The van der Waals surface area contributed by atoms with Gasteiger partial charge in [0.15, 0.2) is 0 Å². The molecule has 0 bridgehead atoms. The Morgan fingerprint density at radius 3 is 2.48 bits per heavy atom. The van der Waals surface area contributed by atoms with E-state index in [1.165, 1.54) is 20.3 Å². The van der Waals surface area contributed by atoms with Crippen LogP contribution in [0.15, 0.2) is 51.8 Å². The highest BCUT2D eigenvalue weighted by Gasteiger charge is 2.21. The van der Waals surface area contributed by atoms with Crippen molar-refractivity contribution in [2.24, 2.45) is 0 Å². The average molecular weight is 480 g/mol. The molecule has 3 rings (SSSR count). The summed E-state index contributed by atoms with van der Waals surface area (Å²) >= 11 is 3.52. The summed E-state index contributed by atoms with van der Waals surface area (Å²) in [6.45, 7) is 4.43. The molecule has 2 aromatic carbocycles. The topological polar surface area (TPSA) is 82.5 Å². The SMILES string of the molecule is COc1ccc(OC)c(S(=O)(=O)Nc2cccc(Cn3nc(C)c(Br)c3C)c2)c1. The third kappa shape index (κ3) is 4.56. The van der Waals surface area contributed by atoms with Crippen LogP contribution in [0.3, 0.4) is 0 Å². The van der Waals surface area contributed by atoms with Crippen molar-refractivity contribution < 1.29 is 17.9 Å². The maximum absolute atomic E-state index is 13.0. The molecule has 0 saturated heterocycles. The number of sulfonamides is 1. The monoisotopic (exact) mass is 479 g/mol. The molecule has 0 fully saturated rings. The highest BCUT2D eigenvalue weighted by molar-refractivity contribution is 9.10. The Morgan fingerprint density at radius 1 is 1.10 bits per heavy atom. The number of nitrogens with zero attached hydrogens (tertiary/aromatic N) is 2. The van der Waals surface area contributed by atoms with Gasteiger partial charge in [-0.05, 0) is 59.6 Å². The number of aromatic nitrogens is 2. The predicted molar refractivity (Wildman–Crippen MR) is 115 cm³/mol. The summed E-state index contributed by atoms with van der Waals surface area (Å²) in [6, 6.07) is 11.8. The quantitative estimate of drug-likeness (QED) is 0.550. The Hall–Kier alpha value is -2.52. The van der Waals surface area contributed by atoms with E-state index in [4.69, 9.17) is 9.47 Å². The van der Waals surface area contributed by atoms with Crippen LogP contribution in [-0.2, 0) is 16.6 Å². The zero-order valence-electron chi connectivity index (χ0n) is 16.6. The lowest BCUT2D eigenvalue weighted by molar-refractivity contribution is 0.392. The van der Waals surface area contributed by atoms with Gasteiger partial charge in [-0.1, -0.05) is 12.1 Å². The summed E-state index contributed by atoms with van der Waals surface area (Å²) in [6.07, 6.45) is 0.